The van der Waals surface area contributed by atoms with Gasteiger partial charge in [0.15, 0.2) is 0 Å². The predicted octanol–water partition coefficient (Wildman–Crippen LogP) is -1.40. The SMILES string of the molecule is O=c1c[n+]([O-])[nH]o1. The van der Waals surface area contributed by atoms with E-state index in [1.165, 1.54) is 0 Å². The summed E-state index contributed by atoms with van der Waals surface area (Å²) in [5.74, 6) is 0. The van der Waals surface area contributed by atoms with Crippen LogP contribution >= 0.6 is 0 Å². The molecular weight excluding hydrogens is 100 g/mol. The van der Waals surface area contributed by atoms with Crippen LogP contribution < -0.4 is 10.5 Å². The number of hydrogen-bond acceptors (Lipinski definition) is 3. The number of aromatic nitrogens is 2. The molecule has 1 aromatic rings. The van der Waals surface area contributed by atoms with E-state index in [-0.39, 0.29) is 4.85 Å². The van der Waals surface area contributed by atoms with E-state index in [1.54, 1.807) is 5.27 Å². The molecule has 5 nitrogen and oxygen atoms in total. The molecule has 1 heterocycles. The minimum absolute atomic E-state index is 0.183. The molecule has 38 valence electrons. The second kappa shape index (κ2) is 1.11. The van der Waals surface area contributed by atoms with Crippen molar-refractivity contribution in [1.29, 1.82) is 0 Å². The van der Waals surface area contributed by atoms with Crippen LogP contribution in [0, 0.1) is 5.21 Å². The number of H-pyrrole nitrogens is 1. The summed E-state index contributed by atoms with van der Waals surface area (Å²) in [5.41, 5.74) is -0.671. The average Bonchev–Trinajstić information content (AvgIpc) is 1.87. The zero-order chi connectivity index (χ0) is 5.28. The molecule has 0 bridgehead atoms. The molecule has 0 amide bonds. The van der Waals surface area contributed by atoms with Crippen molar-refractivity contribution >= 4 is 0 Å². The van der Waals surface area contributed by atoms with Crippen LogP contribution in [0.25, 0.3) is 0 Å². The van der Waals surface area contributed by atoms with E-state index < -0.39 is 5.63 Å². The van der Waals surface area contributed by atoms with Crippen LogP contribution in [0.4, 0.5) is 0 Å². The Balaban J connectivity index is 3.30. The summed E-state index contributed by atoms with van der Waals surface area (Å²) < 4.78 is 3.93. The molecule has 0 unspecified atom stereocenters. The van der Waals surface area contributed by atoms with Gasteiger partial charge in [-0.25, -0.2) is 4.79 Å². The van der Waals surface area contributed by atoms with Gasteiger partial charge in [-0.2, -0.15) is 0 Å². The van der Waals surface area contributed by atoms with Gasteiger partial charge in [0.05, 0.1) is 0 Å². The Labute approximate surface area is 37.7 Å². The normalized spacial score (nSPS) is 9.14. The van der Waals surface area contributed by atoms with Crippen molar-refractivity contribution < 1.29 is 9.37 Å². The molecule has 5 heteroatoms. The van der Waals surface area contributed by atoms with Crippen molar-refractivity contribution in [3.05, 3.63) is 21.8 Å². The lowest BCUT2D eigenvalue weighted by Crippen LogP contribution is -2.26. The molecule has 0 saturated heterocycles. The van der Waals surface area contributed by atoms with E-state index in [2.05, 4.69) is 4.52 Å². The van der Waals surface area contributed by atoms with Crippen molar-refractivity contribution in [2.24, 2.45) is 0 Å². The van der Waals surface area contributed by atoms with Crippen molar-refractivity contribution in [2.75, 3.05) is 0 Å². The van der Waals surface area contributed by atoms with E-state index in [0.717, 1.165) is 6.20 Å². The molecule has 0 aliphatic rings. The first-order chi connectivity index (χ1) is 3.29. The van der Waals surface area contributed by atoms with E-state index in [9.17, 15) is 10.0 Å². The molecule has 0 radical (unpaired) electrons. The minimum Gasteiger partial charge on any atom is -0.594 e. The second-order valence-corrected chi connectivity index (χ2v) is 0.967. The number of rotatable bonds is 0. The van der Waals surface area contributed by atoms with E-state index in [1.807, 2.05) is 0 Å². The van der Waals surface area contributed by atoms with Crippen molar-refractivity contribution in [1.82, 2.24) is 5.27 Å². The zero-order valence-electron chi connectivity index (χ0n) is 3.25. The van der Waals surface area contributed by atoms with Crippen LogP contribution in [0.5, 0.6) is 0 Å². The van der Waals surface area contributed by atoms with Gasteiger partial charge in [0.2, 0.25) is 0 Å². The summed E-state index contributed by atoms with van der Waals surface area (Å²) in [4.78, 5) is 10.1. The van der Waals surface area contributed by atoms with Crippen molar-refractivity contribution in [2.45, 2.75) is 0 Å². The minimum atomic E-state index is -0.671. The van der Waals surface area contributed by atoms with Gasteiger partial charge in [-0.15, -0.1) is 0 Å². The maximum absolute atomic E-state index is 9.87. The average molecular weight is 102 g/mol. The first-order valence-electron chi connectivity index (χ1n) is 1.57. The van der Waals surface area contributed by atoms with Crippen LogP contribution in [-0.2, 0) is 0 Å². The smallest absolute Gasteiger partial charge is 0.428 e. The molecule has 0 aliphatic heterocycles. The van der Waals surface area contributed by atoms with Gasteiger partial charge in [-0.1, -0.05) is 0 Å². The summed E-state index contributed by atoms with van der Waals surface area (Å²) in [5, 5.41) is 11.6. The quantitative estimate of drug-likeness (QED) is 0.323. The molecule has 0 saturated carbocycles. The molecule has 0 atom stereocenters. The number of nitrogens with one attached hydrogen (secondary N) is 1. The Morgan fingerprint density at radius 2 is 2.71 bits per heavy atom. The fourth-order valence-electron chi connectivity index (χ4n) is 0.238. The molecule has 0 aromatic carbocycles. The summed E-state index contributed by atoms with van der Waals surface area (Å²) >= 11 is 0. The van der Waals surface area contributed by atoms with Gasteiger partial charge < -0.3 is 5.21 Å². The Kier molecular flexibility index (Phi) is 0.619. The molecule has 1 aromatic heterocycles. The van der Waals surface area contributed by atoms with Crippen LogP contribution in [0.2, 0.25) is 0 Å². The molecular formula is C2H2N2O3. The van der Waals surface area contributed by atoms with Crippen LogP contribution in [0.15, 0.2) is 15.5 Å². The third kappa shape index (κ3) is 0.594. The third-order valence-corrected chi connectivity index (χ3v) is 0.459. The molecule has 0 spiro atoms. The topological polar surface area (TPSA) is 72.9 Å². The van der Waals surface area contributed by atoms with Crippen LogP contribution in [0.3, 0.4) is 0 Å². The first-order valence-corrected chi connectivity index (χ1v) is 1.57. The first kappa shape index (κ1) is 3.91. The van der Waals surface area contributed by atoms with Gasteiger partial charge >= 0.3 is 5.63 Å². The Morgan fingerprint density at radius 1 is 2.00 bits per heavy atom. The maximum Gasteiger partial charge on any atom is 0.428 e. The number of nitrogens with zero attached hydrogens (tertiary/aromatic N) is 1. The Morgan fingerprint density at radius 3 is 2.86 bits per heavy atom. The second-order valence-electron chi connectivity index (χ2n) is 0.967. The number of aromatic amines is 1. The van der Waals surface area contributed by atoms with Gasteiger partial charge in [0.25, 0.3) is 6.20 Å². The van der Waals surface area contributed by atoms with E-state index >= 15 is 0 Å². The summed E-state index contributed by atoms with van der Waals surface area (Å²) in [6.45, 7) is 0. The fourth-order valence-corrected chi connectivity index (χ4v) is 0.238. The lowest BCUT2D eigenvalue weighted by Gasteiger charge is -1.75. The molecule has 1 N–H and O–H groups in total. The lowest BCUT2D eigenvalue weighted by molar-refractivity contribution is -0.679. The van der Waals surface area contributed by atoms with Gasteiger partial charge in [0, 0.05) is 0 Å². The fraction of sp³-hybridized carbons (Fsp3) is 0. The highest BCUT2D eigenvalue weighted by atomic mass is 16.6. The largest absolute Gasteiger partial charge is 0.594 e. The Hall–Kier alpha value is -1.26. The van der Waals surface area contributed by atoms with Gasteiger partial charge in [0.1, 0.15) is 0 Å². The molecule has 0 aliphatic carbocycles. The van der Waals surface area contributed by atoms with E-state index in [0.29, 0.717) is 0 Å². The molecule has 1 rings (SSSR count). The molecule has 0 fully saturated rings. The van der Waals surface area contributed by atoms with Crippen molar-refractivity contribution in [3.63, 3.8) is 0 Å². The van der Waals surface area contributed by atoms with Gasteiger partial charge in [-0.05, 0) is 10.1 Å². The predicted molar refractivity (Wildman–Crippen MR) is 18.3 cm³/mol. The standard InChI is InChI=1S/C2H2N2O3/c5-2-1-4(6)3-7-2/h1,3H. The zero-order valence-corrected chi connectivity index (χ0v) is 3.25. The van der Waals surface area contributed by atoms with Crippen LogP contribution in [0.1, 0.15) is 0 Å². The Bertz CT molecular complexity index is 199. The summed E-state index contributed by atoms with van der Waals surface area (Å²) in [7, 11) is 0. The highest BCUT2D eigenvalue weighted by molar-refractivity contribution is 4.48. The highest BCUT2D eigenvalue weighted by Crippen LogP contribution is 1.49. The third-order valence-electron chi connectivity index (χ3n) is 0.459. The van der Waals surface area contributed by atoms with E-state index in [4.69, 9.17) is 0 Å². The maximum atomic E-state index is 9.87. The summed E-state index contributed by atoms with van der Waals surface area (Å²) in [6.07, 6.45) is 0.750. The van der Waals surface area contributed by atoms with Crippen LogP contribution in [-0.4, -0.2) is 5.27 Å². The monoisotopic (exact) mass is 102 g/mol. The highest BCUT2D eigenvalue weighted by Gasteiger charge is 1.90. The summed E-state index contributed by atoms with van der Waals surface area (Å²) in [6, 6.07) is 0. The molecule has 7 heavy (non-hydrogen) atoms. The lowest BCUT2D eigenvalue weighted by atomic mass is 11.0. The van der Waals surface area contributed by atoms with Crippen molar-refractivity contribution in [3.8, 4) is 0 Å². The van der Waals surface area contributed by atoms with Gasteiger partial charge in [-0.3, -0.25) is 4.52 Å². The number of hydrogen-bond donors (Lipinski definition) is 1.